The van der Waals surface area contributed by atoms with Gasteiger partial charge in [-0.1, -0.05) is 19.6 Å². The topological polar surface area (TPSA) is 35.8 Å². The maximum absolute atomic E-state index is 8.17. The molecule has 0 radical (unpaired) electrons. The molecule has 0 bridgehead atoms. The molecule has 0 amide bonds. The fourth-order valence-corrected chi connectivity index (χ4v) is 1.37. The third-order valence-corrected chi connectivity index (χ3v) is 2.17. The molecule has 0 aromatic rings. The van der Waals surface area contributed by atoms with Crippen molar-refractivity contribution < 1.29 is 0 Å². The number of nitriles is 1. The quantitative estimate of drug-likeness (QED) is 0.362. The molecular weight excluding hydrogens is 128 g/mol. The molecule has 52 valence electrons. The van der Waals surface area contributed by atoms with Gasteiger partial charge in [0, 0.05) is 0 Å². The summed E-state index contributed by atoms with van der Waals surface area (Å²) >= 11 is 0. The van der Waals surface area contributed by atoms with Crippen LogP contribution in [0.5, 0.6) is 0 Å². The third-order valence-electron chi connectivity index (χ3n) is 0.859. The van der Waals surface area contributed by atoms with E-state index in [9.17, 15) is 0 Å². The van der Waals surface area contributed by atoms with E-state index in [1.807, 2.05) is 0 Å². The number of nitrogens with one attached hydrogen (secondary N) is 1. The van der Waals surface area contributed by atoms with Crippen LogP contribution in [-0.2, 0) is 0 Å². The summed E-state index contributed by atoms with van der Waals surface area (Å²) in [5.41, 5.74) is 0. The van der Waals surface area contributed by atoms with Gasteiger partial charge in [0.2, 0.25) is 0 Å². The van der Waals surface area contributed by atoms with Crippen LogP contribution in [-0.4, -0.2) is 20.8 Å². The Labute approximate surface area is 57.9 Å². The first-order chi connectivity index (χ1) is 4.06. The molecule has 0 saturated heterocycles. The lowest BCUT2D eigenvalue weighted by Gasteiger charge is -2.14. The Kier molecular flexibility index (Phi) is 3.51. The summed E-state index contributed by atoms with van der Waals surface area (Å²) in [5.74, 6) is 0. The zero-order chi connectivity index (χ0) is 7.33. The summed E-state index contributed by atoms with van der Waals surface area (Å²) in [6, 6.07) is 2.05. The van der Waals surface area contributed by atoms with E-state index in [4.69, 9.17) is 5.26 Å². The second-order valence-corrected chi connectivity index (χ2v) is 8.80. The van der Waals surface area contributed by atoms with Gasteiger partial charge in [-0.15, -0.1) is 0 Å². The smallest absolute Gasteiger partial charge is 0.0838 e. The molecule has 0 aliphatic rings. The second-order valence-electron chi connectivity index (χ2n) is 3.32. The molecule has 0 spiro atoms. The first-order valence-electron chi connectivity index (χ1n) is 3.14. The van der Waals surface area contributed by atoms with Crippen molar-refractivity contribution in [3.8, 4) is 6.07 Å². The number of hydrogen-bond donors (Lipinski definition) is 1. The summed E-state index contributed by atoms with van der Waals surface area (Å²) in [6.07, 6.45) is 1.04. The standard InChI is InChI=1S/C6H14N2Si/c1-9(2,3)6-8-5-4-7/h8H,5-6H2,1-3H3. The molecule has 9 heavy (non-hydrogen) atoms. The van der Waals surface area contributed by atoms with Gasteiger partial charge < -0.3 is 5.32 Å². The molecule has 2 nitrogen and oxygen atoms in total. The van der Waals surface area contributed by atoms with E-state index in [2.05, 4.69) is 31.0 Å². The van der Waals surface area contributed by atoms with Crippen molar-refractivity contribution in [2.45, 2.75) is 19.6 Å². The highest BCUT2D eigenvalue weighted by molar-refractivity contribution is 6.76. The predicted molar refractivity (Wildman–Crippen MR) is 41.8 cm³/mol. The molecule has 0 fully saturated rings. The first kappa shape index (κ1) is 8.67. The van der Waals surface area contributed by atoms with E-state index in [1.165, 1.54) is 0 Å². The lowest BCUT2D eigenvalue weighted by atomic mass is 10.7. The van der Waals surface area contributed by atoms with Crippen LogP contribution >= 0.6 is 0 Å². The van der Waals surface area contributed by atoms with Gasteiger partial charge in [-0.2, -0.15) is 5.26 Å². The predicted octanol–water partition coefficient (Wildman–Crippen LogP) is 0.977. The number of rotatable bonds is 3. The van der Waals surface area contributed by atoms with Crippen LogP contribution in [0, 0.1) is 11.3 Å². The summed E-state index contributed by atoms with van der Waals surface area (Å²) in [4.78, 5) is 0. The Morgan fingerprint density at radius 3 is 2.33 bits per heavy atom. The van der Waals surface area contributed by atoms with Gasteiger partial charge in [0.25, 0.3) is 0 Å². The molecule has 0 unspecified atom stereocenters. The Morgan fingerprint density at radius 1 is 1.44 bits per heavy atom. The van der Waals surface area contributed by atoms with E-state index in [1.54, 1.807) is 0 Å². The maximum atomic E-state index is 8.17. The Bertz CT molecular complexity index is 109. The molecule has 3 heteroatoms. The molecule has 0 aliphatic carbocycles. The number of hydrogen-bond acceptors (Lipinski definition) is 2. The van der Waals surface area contributed by atoms with Crippen LogP contribution in [0.4, 0.5) is 0 Å². The van der Waals surface area contributed by atoms with Crippen LogP contribution in [0.3, 0.4) is 0 Å². The van der Waals surface area contributed by atoms with Gasteiger partial charge in [-0.25, -0.2) is 0 Å². The lowest BCUT2D eigenvalue weighted by Crippen LogP contribution is -2.36. The highest BCUT2D eigenvalue weighted by Crippen LogP contribution is 1.95. The third kappa shape index (κ3) is 7.67. The first-order valence-corrected chi connectivity index (χ1v) is 6.84. The normalized spacial score (nSPS) is 10.9. The minimum Gasteiger partial charge on any atom is -0.307 e. The van der Waals surface area contributed by atoms with E-state index in [0.717, 1.165) is 6.17 Å². The zero-order valence-electron chi connectivity index (χ0n) is 6.36. The summed E-state index contributed by atoms with van der Waals surface area (Å²) in [6.45, 7) is 7.32. The number of nitrogens with zero attached hydrogens (tertiary/aromatic N) is 1. The van der Waals surface area contributed by atoms with Crippen LogP contribution in [0.15, 0.2) is 0 Å². The van der Waals surface area contributed by atoms with E-state index >= 15 is 0 Å². The van der Waals surface area contributed by atoms with Gasteiger partial charge >= 0.3 is 0 Å². The van der Waals surface area contributed by atoms with Crippen molar-refractivity contribution in [2.75, 3.05) is 12.7 Å². The minimum atomic E-state index is -0.957. The zero-order valence-corrected chi connectivity index (χ0v) is 7.36. The molecule has 0 rings (SSSR count). The van der Waals surface area contributed by atoms with Gasteiger partial charge in [0.15, 0.2) is 0 Å². The van der Waals surface area contributed by atoms with Crippen molar-refractivity contribution in [1.29, 1.82) is 5.26 Å². The summed E-state index contributed by atoms with van der Waals surface area (Å²) < 4.78 is 0. The Balaban J connectivity index is 3.20. The Morgan fingerprint density at radius 2 is 2.00 bits per heavy atom. The average molecular weight is 142 g/mol. The minimum absolute atomic E-state index is 0.490. The van der Waals surface area contributed by atoms with E-state index < -0.39 is 8.07 Å². The van der Waals surface area contributed by atoms with Crippen molar-refractivity contribution in [2.24, 2.45) is 0 Å². The highest BCUT2D eigenvalue weighted by Gasteiger charge is 2.10. The van der Waals surface area contributed by atoms with Gasteiger partial charge in [0.1, 0.15) is 0 Å². The molecule has 0 atom stereocenters. The molecule has 0 heterocycles. The van der Waals surface area contributed by atoms with Crippen LogP contribution in [0.25, 0.3) is 0 Å². The monoisotopic (exact) mass is 142 g/mol. The van der Waals surface area contributed by atoms with Crippen molar-refractivity contribution >= 4 is 8.07 Å². The van der Waals surface area contributed by atoms with Crippen LogP contribution < -0.4 is 5.32 Å². The van der Waals surface area contributed by atoms with Gasteiger partial charge in [0.05, 0.1) is 20.7 Å². The maximum Gasteiger partial charge on any atom is 0.0838 e. The molecule has 0 saturated carbocycles. The van der Waals surface area contributed by atoms with Crippen molar-refractivity contribution in [3.63, 3.8) is 0 Å². The van der Waals surface area contributed by atoms with Crippen molar-refractivity contribution in [1.82, 2.24) is 5.32 Å². The fourth-order valence-electron chi connectivity index (χ4n) is 0.493. The van der Waals surface area contributed by atoms with Crippen LogP contribution in [0.2, 0.25) is 19.6 Å². The van der Waals surface area contributed by atoms with Crippen molar-refractivity contribution in [3.05, 3.63) is 0 Å². The van der Waals surface area contributed by atoms with Gasteiger partial charge in [-0.3, -0.25) is 0 Å². The SMILES string of the molecule is C[Si](C)(C)CNCC#N. The molecular formula is C6H14N2Si. The fraction of sp³-hybridized carbons (Fsp3) is 0.833. The lowest BCUT2D eigenvalue weighted by molar-refractivity contribution is 0.872. The summed E-state index contributed by atoms with van der Waals surface area (Å²) in [5, 5.41) is 11.2. The second kappa shape index (κ2) is 3.65. The summed E-state index contributed by atoms with van der Waals surface area (Å²) in [7, 11) is -0.957. The molecule has 0 aromatic carbocycles. The molecule has 0 aliphatic heterocycles. The van der Waals surface area contributed by atoms with E-state index in [0.29, 0.717) is 6.54 Å². The Hall–Kier alpha value is -0.333. The average Bonchev–Trinajstić information content (AvgIpc) is 1.63. The molecule has 1 N–H and O–H groups in total. The highest BCUT2D eigenvalue weighted by atomic mass is 28.3. The largest absolute Gasteiger partial charge is 0.307 e. The van der Waals surface area contributed by atoms with Gasteiger partial charge in [-0.05, 0) is 6.17 Å². The van der Waals surface area contributed by atoms with Crippen LogP contribution in [0.1, 0.15) is 0 Å². The molecule has 0 aromatic heterocycles. The van der Waals surface area contributed by atoms with E-state index in [-0.39, 0.29) is 0 Å².